The lowest BCUT2D eigenvalue weighted by Crippen LogP contribution is -2.39. The number of likely N-dealkylation sites (tertiary alicyclic amines) is 1. The number of aromatic nitrogens is 1. The Labute approximate surface area is 164 Å². The lowest BCUT2D eigenvalue weighted by atomic mass is 9.98. The maximum Gasteiger partial charge on any atom is 0.270 e. The van der Waals surface area contributed by atoms with Gasteiger partial charge in [-0.25, -0.2) is 4.98 Å². The Morgan fingerprint density at radius 1 is 1.30 bits per heavy atom. The fourth-order valence-electron chi connectivity index (χ4n) is 3.39. The van der Waals surface area contributed by atoms with Gasteiger partial charge >= 0.3 is 0 Å². The Bertz CT molecular complexity index is 1000. The third-order valence-electron chi connectivity index (χ3n) is 4.76. The van der Waals surface area contributed by atoms with Crippen LogP contribution in [0.1, 0.15) is 34.1 Å². The van der Waals surface area contributed by atoms with Crippen molar-refractivity contribution in [2.75, 3.05) is 13.1 Å². The van der Waals surface area contributed by atoms with Gasteiger partial charge in [0.05, 0.1) is 30.7 Å². The Balaban J connectivity index is 1.58. The van der Waals surface area contributed by atoms with E-state index >= 15 is 0 Å². The van der Waals surface area contributed by atoms with E-state index < -0.39 is 4.92 Å². The van der Waals surface area contributed by atoms with Crippen molar-refractivity contribution < 1.29 is 9.72 Å². The zero-order chi connectivity index (χ0) is 19.0. The number of hydrogen-bond acceptors (Lipinski definition) is 5. The van der Waals surface area contributed by atoms with Crippen molar-refractivity contribution in [2.24, 2.45) is 0 Å². The molecule has 0 radical (unpaired) electrons. The van der Waals surface area contributed by atoms with Gasteiger partial charge in [-0.3, -0.25) is 14.9 Å². The lowest BCUT2D eigenvalue weighted by molar-refractivity contribution is -0.384. The van der Waals surface area contributed by atoms with Gasteiger partial charge in [-0.2, -0.15) is 0 Å². The molecule has 1 fully saturated rings. The minimum Gasteiger partial charge on any atom is -0.338 e. The van der Waals surface area contributed by atoms with E-state index in [1.54, 1.807) is 16.2 Å². The molecule has 4 rings (SSSR count). The van der Waals surface area contributed by atoms with E-state index in [0.29, 0.717) is 13.1 Å². The fourth-order valence-corrected chi connectivity index (χ4v) is 4.68. The molecule has 1 saturated heterocycles. The topological polar surface area (TPSA) is 76.3 Å². The minimum atomic E-state index is -0.521. The summed E-state index contributed by atoms with van der Waals surface area (Å²) in [7, 11) is 0. The first-order chi connectivity index (χ1) is 13.0. The molecule has 2 heterocycles. The number of nitrogens with zero attached hydrogens (tertiary/aromatic N) is 3. The summed E-state index contributed by atoms with van der Waals surface area (Å²) in [5.41, 5.74) is 1.01. The quantitative estimate of drug-likeness (QED) is 0.463. The van der Waals surface area contributed by atoms with Crippen LogP contribution in [0.25, 0.3) is 10.2 Å². The molecule has 1 atom stereocenters. The summed E-state index contributed by atoms with van der Waals surface area (Å²) in [5, 5.41) is 12.3. The Morgan fingerprint density at radius 2 is 2.11 bits per heavy atom. The van der Waals surface area contributed by atoms with E-state index in [4.69, 9.17) is 16.6 Å². The normalized spacial score (nSPS) is 17.2. The summed E-state index contributed by atoms with van der Waals surface area (Å²) in [6.07, 6.45) is 1.82. The van der Waals surface area contributed by atoms with Gasteiger partial charge in [0.1, 0.15) is 0 Å². The molecule has 2 aromatic carbocycles. The second-order valence-electron chi connectivity index (χ2n) is 6.53. The summed E-state index contributed by atoms with van der Waals surface area (Å²) in [6.45, 7) is 1.15. The van der Waals surface area contributed by atoms with E-state index in [0.717, 1.165) is 28.1 Å². The zero-order valence-electron chi connectivity index (χ0n) is 14.3. The monoisotopic (exact) mass is 401 g/mol. The highest BCUT2D eigenvalue weighted by molar-refractivity contribution is 7.18. The van der Waals surface area contributed by atoms with E-state index in [9.17, 15) is 14.9 Å². The summed E-state index contributed by atoms with van der Waals surface area (Å²) in [4.78, 5) is 29.9. The number of non-ortho nitro benzene ring substituents is 1. The standard InChI is InChI=1S/C19H16ClN3O3S/c20-15-8-7-13(23(25)26)10-14(15)19(24)22-9-3-4-12(11-22)18-21-16-5-1-2-6-17(16)27-18/h1-2,5-8,10,12H,3-4,9,11H2/t12-/m1/s1. The number of fused-ring (bicyclic) bond motifs is 1. The molecule has 138 valence electrons. The molecule has 1 aliphatic heterocycles. The Hall–Kier alpha value is -2.51. The number of thiazole rings is 1. The highest BCUT2D eigenvalue weighted by Crippen LogP contribution is 2.34. The number of hydrogen-bond donors (Lipinski definition) is 0. The van der Waals surface area contributed by atoms with Crippen LogP contribution in [0.15, 0.2) is 42.5 Å². The number of piperidine rings is 1. The van der Waals surface area contributed by atoms with Crippen molar-refractivity contribution in [3.05, 3.63) is 68.2 Å². The summed E-state index contributed by atoms with van der Waals surface area (Å²) in [5.74, 6) is -0.105. The van der Waals surface area contributed by atoms with Gasteiger partial charge in [0.25, 0.3) is 11.6 Å². The first-order valence-corrected chi connectivity index (χ1v) is 9.81. The van der Waals surface area contributed by atoms with Gasteiger partial charge in [-0.1, -0.05) is 23.7 Å². The van der Waals surface area contributed by atoms with Crippen molar-refractivity contribution in [1.29, 1.82) is 0 Å². The minimum absolute atomic E-state index is 0.137. The van der Waals surface area contributed by atoms with Gasteiger partial charge in [0.15, 0.2) is 0 Å². The third-order valence-corrected chi connectivity index (χ3v) is 6.29. The van der Waals surface area contributed by atoms with E-state index in [1.165, 1.54) is 18.2 Å². The zero-order valence-corrected chi connectivity index (χ0v) is 15.9. The largest absolute Gasteiger partial charge is 0.338 e. The average molecular weight is 402 g/mol. The molecule has 0 aliphatic carbocycles. The van der Waals surface area contributed by atoms with Crippen molar-refractivity contribution >= 4 is 44.7 Å². The van der Waals surface area contributed by atoms with Crippen molar-refractivity contribution in [1.82, 2.24) is 9.88 Å². The smallest absolute Gasteiger partial charge is 0.270 e. The lowest BCUT2D eigenvalue weighted by Gasteiger charge is -2.32. The second kappa shape index (κ2) is 7.25. The van der Waals surface area contributed by atoms with Gasteiger partial charge in [-0.15, -0.1) is 11.3 Å². The van der Waals surface area contributed by atoms with Crippen LogP contribution in [-0.4, -0.2) is 33.8 Å². The average Bonchev–Trinajstić information content (AvgIpc) is 3.12. The molecule has 6 nitrogen and oxygen atoms in total. The number of benzene rings is 2. The summed E-state index contributed by atoms with van der Waals surface area (Å²) >= 11 is 7.80. The number of rotatable bonds is 3. The van der Waals surface area contributed by atoms with Gasteiger partial charge in [0, 0.05) is 31.1 Å². The molecule has 8 heteroatoms. The Kier molecular flexibility index (Phi) is 4.80. The van der Waals surface area contributed by atoms with Crippen LogP contribution >= 0.6 is 22.9 Å². The predicted octanol–water partition coefficient (Wildman–Crippen LogP) is 4.88. The number of para-hydroxylation sites is 1. The van der Waals surface area contributed by atoms with E-state index in [2.05, 4.69) is 0 Å². The number of nitro groups is 1. The molecule has 1 aromatic heterocycles. The highest BCUT2D eigenvalue weighted by Gasteiger charge is 2.29. The van der Waals surface area contributed by atoms with Crippen LogP contribution in [0.2, 0.25) is 5.02 Å². The van der Waals surface area contributed by atoms with Crippen LogP contribution in [0.5, 0.6) is 0 Å². The first kappa shape index (κ1) is 17.9. The van der Waals surface area contributed by atoms with Crippen molar-refractivity contribution in [3.8, 4) is 0 Å². The molecular formula is C19H16ClN3O3S. The number of halogens is 1. The van der Waals surface area contributed by atoms with E-state index in [-0.39, 0.29) is 28.1 Å². The molecule has 0 bridgehead atoms. The van der Waals surface area contributed by atoms with Crippen LogP contribution in [0.3, 0.4) is 0 Å². The number of nitro benzene ring substituents is 1. The highest BCUT2D eigenvalue weighted by atomic mass is 35.5. The van der Waals surface area contributed by atoms with Gasteiger partial charge < -0.3 is 4.90 Å². The fraction of sp³-hybridized carbons (Fsp3) is 0.263. The maximum atomic E-state index is 12.9. The molecule has 1 aliphatic rings. The number of carbonyl (C=O) groups is 1. The molecule has 0 unspecified atom stereocenters. The van der Waals surface area contributed by atoms with Crippen LogP contribution in [0.4, 0.5) is 5.69 Å². The van der Waals surface area contributed by atoms with Gasteiger partial charge in [0.2, 0.25) is 0 Å². The van der Waals surface area contributed by atoms with Crippen molar-refractivity contribution in [2.45, 2.75) is 18.8 Å². The molecule has 27 heavy (non-hydrogen) atoms. The van der Waals surface area contributed by atoms with Crippen LogP contribution < -0.4 is 0 Å². The second-order valence-corrected chi connectivity index (χ2v) is 8.00. The molecule has 0 saturated carbocycles. The molecule has 3 aromatic rings. The predicted molar refractivity (Wildman–Crippen MR) is 106 cm³/mol. The van der Waals surface area contributed by atoms with Crippen LogP contribution in [-0.2, 0) is 0 Å². The molecule has 0 N–H and O–H groups in total. The van der Waals surface area contributed by atoms with Crippen molar-refractivity contribution in [3.63, 3.8) is 0 Å². The Morgan fingerprint density at radius 3 is 2.89 bits per heavy atom. The maximum absolute atomic E-state index is 12.9. The molecule has 0 spiro atoms. The molecule has 1 amide bonds. The van der Waals surface area contributed by atoms with E-state index in [1.807, 2.05) is 24.3 Å². The third kappa shape index (κ3) is 3.52. The summed E-state index contributed by atoms with van der Waals surface area (Å²) < 4.78 is 1.14. The molecular weight excluding hydrogens is 386 g/mol. The SMILES string of the molecule is O=C(c1cc([N+](=O)[O-])ccc1Cl)N1CCC[C@@H](c2nc3ccccc3s2)C1. The number of amides is 1. The van der Waals surface area contributed by atoms with Gasteiger partial charge in [-0.05, 0) is 31.0 Å². The number of carbonyl (C=O) groups excluding carboxylic acids is 1. The van der Waals surface area contributed by atoms with Crippen LogP contribution in [0, 0.1) is 10.1 Å². The summed E-state index contributed by atoms with van der Waals surface area (Å²) in [6, 6.07) is 12.0. The first-order valence-electron chi connectivity index (χ1n) is 8.61.